The van der Waals surface area contributed by atoms with Crippen LogP contribution in [0.4, 0.5) is 0 Å². The maximum Gasteiger partial charge on any atom is 0.277 e. The van der Waals surface area contributed by atoms with Crippen LogP contribution < -0.4 is 10.2 Å². The molecule has 0 saturated carbocycles. The van der Waals surface area contributed by atoms with Crippen LogP contribution in [0.25, 0.3) is 11.1 Å². The largest absolute Gasteiger partial charge is 0.482 e. The van der Waals surface area contributed by atoms with Crippen molar-refractivity contribution < 1.29 is 9.53 Å². The van der Waals surface area contributed by atoms with Crippen LogP contribution in [-0.2, 0) is 4.79 Å². The van der Waals surface area contributed by atoms with Gasteiger partial charge in [0.15, 0.2) is 6.61 Å². The fourth-order valence-electron chi connectivity index (χ4n) is 2.79. The summed E-state index contributed by atoms with van der Waals surface area (Å²) in [5.41, 5.74) is 7.43. The second kappa shape index (κ2) is 9.85. The van der Waals surface area contributed by atoms with Crippen molar-refractivity contribution in [2.24, 2.45) is 5.10 Å². The van der Waals surface area contributed by atoms with Gasteiger partial charge in [0, 0.05) is 4.47 Å². The number of aryl methyl sites for hydroxylation is 1. The summed E-state index contributed by atoms with van der Waals surface area (Å²) in [6.07, 6.45) is 0. The van der Waals surface area contributed by atoms with Crippen LogP contribution in [0, 0.1) is 6.92 Å². The summed E-state index contributed by atoms with van der Waals surface area (Å²) in [4.78, 5) is 12.1. The molecule has 3 aromatic carbocycles. The number of nitrogens with zero attached hydrogens (tertiary/aromatic N) is 1. The molecule has 148 valence electrons. The van der Waals surface area contributed by atoms with Gasteiger partial charge in [0.05, 0.1) is 10.2 Å². The Balaban J connectivity index is 1.59. The molecule has 0 bridgehead atoms. The van der Waals surface area contributed by atoms with Crippen molar-refractivity contribution in [1.82, 2.24) is 5.43 Å². The van der Waals surface area contributed by atoms with Gasteiger partial charge in [0.1, 0.15) is 5.75 Å². The van der Waals surface area contributed by atoms with Crippen LogP contribution in [0.15, 0.2) is 80.8 Å². The Morgan fingerprint density at radius 3 is 2.31 bits per heavy atom. The van der Waals surface area contributed by atoms with Crippen LogP contribution in [0.5, 0.6) is 5.75 Å². The van der Waals surface area contributed by atoms with Crippen LogP contribution in [0.2, 0.25) is 0 Å². The van der Waals surface area contributed by atoms with E-state index in [1.54, 1.807) is 0 Å². The number of rotatable bonds is 6. The van der Waals surface area contributed by atoms with E-state index in [1.165, 1.54) is 0 Å². The molecule has 0 radical (unpaired) electrons. The second-order valence-electron chi connectivity index (χ2n) is 6.50. The highest BCUT2D eigenvalue weighted by Crippen LogP contribution is 2.32. The minimum absolute atomic E-state index is 0.120. The first-order valence-corrected chi connectivity index (χ1v) is 10.6. The smallest absolute Gasteiger partial charge is 0.277 e. The quantitative estimate of drug-likeness (QED) is 0.318. The molecule has 1 N–H and O–H groups in total. The minimum atomic E-state index is -0.320. The third-order valence-electron chi connectivity index (χ3n) is 4.30. The topological polar surface area (TPSA) is 50.7 Å². The molecule has 0 aliphatic carbocycles. The molecule has 29 heavy (non-hydrogen) atoms. The summed E-state index contributed by atoms with van der Waals surface area (Å²) in [5.74, 6) is 0.319. The zero-order chi connectivity index (χ0) is 20.8. The highest BCUT2D eigenvalue weighted by molar-refractivity contribution is 9.11. The van der Waals surface area contributed by atoms with Gasteiger partial charge < -0.3 is 4.74 Å². The van der Waals surface area contributed by atoms with Gasteiger partial charge in [-0.2, -0.15) is 5.10 Å². The Bertz CT molecular complexity index is 1010. The lowest BCUT2D eigenvalue weighted by atomic mass is 10.0. The summed E-state index contributed by atoms with van der Waals surface area (Å²) in [7, 11) is 0. The molecule has 0 atom stereocenters. The average molecular weight is 516 g/mol. The van der Waals surface area contributed by atoms with Crippen molar-refractivity contribution in [3.8, 4) is 16.9 Å². The average Bonchev–Trinajstić information content (AvgIpc) is 2.72. The third kappa shape index (κ3) is 5.78. The van der Waals surface area contributed by atoms with Gasteiger partial charge in [-0.25, -0.2) is 5.43 Å². The number of benzene rings is 3. The van der Waals surface area contributed by atoms with Crippen LogP contribution >= 0.6 is 31.9 Å². The number of halogens is 2. The molecule has 1 amide bonds. The maximum absolute atomic E-state index is 12.1. The number of carbonyl (C=O) groups excluding carboxylic acids is 1. The van der Waals surface area contributed by atoms with Crippen LogP contribution in [0.1, 0.15) is 18.1 Å². The van der Waals surface area contributed by atoms with E-state index in [4.69, 9.17) is 4.74 Å². The standard InChI is InChI=1S/C23H20Br2N2O2/c1-15-12-20(24)13-21(25)23(15)29-14-22(28)27-26-16(2)17-8-10-19(11-9-17)18-6-4-3-5-7-18/h3-13H,14H2,1-2H3,(H,27,28)/b26-16-. The fourth-order valence-corrected chi connectivity index (χ4v) is 4.34. The van der Waals surface area contributed by atoms with Gasteiger partial charge in [0.2, 0.25) is 0 Å². The first-order chi connectivity index (χ1) is 13.9. The number of hydrazone groups is 1. The van der Waals surface area contributed by atoms with Crippen molar-refractivity contribution in [2.75, 3.05) is 6.61 Å². The molecular weight excluding hydrogens is 496 g/mol. The summed E-state index contributed by atoms with van der Waals surface area (Å²) in [6.45, 7) is 3.66. The Labute approximate surface area is 187 Å². The molecule has 0 saturated heterocycles. The Hall–Kier alpha value is -2.44. The number of hydrogen-bond donors (Lipinski definition) is 1. The number of ether oxygens (including phenoxy) is 1. The fraction of sp³-hybridized carbons (Fsp3) is 0.130. The SMILES string of the molecule is C/C(=N/NC(=O)COc1c(C)cc(Br)cc1Br)c1ccc(-c2ccccc2)cc1. The Kier molecular flexibility index (Phi) is 7.23. The summed E-state index contributed by atoms with van der Waals surface area (Å²) >= 11 is 6.87. The predicted molar refractivity (Wildman–Crippen MR) is 124 cm³/mol. The molecule has 0 unspecified atom stereocenters. The highest BCUT2D eigenvalue weighted by Gasteiger charge is 2.09. The molecule has 6 heteroatoms. The Morgan fingerprint density at radius 2 is 1.66 bits per heavy atom. The molecule has 3 aromatic rings. The zero-order valence-corrected chi connectivity index (χ0v) is 19.2. The summed E-state index contributed by atoms with van der Waals surface area (Å²) in [5, 5.41) is 4.19. The molecule has 0 heterocycles. The monoisotopic (exact) mass is 514 g/mol. The normalized spacial score (nSPS) is 11.2. The van der Waals surface area contributed by atoms with Crippen molar-refractivity contribution in [2.45, 2.75) is 13.8 Å². The van der Waals surface area contributed by atoms with E-state index in [9.17, 15) is 4.79 Å². The summed E-state index contributed by atoms with van der Waals surface area (Å²) < 4.78 is 7.37. The van der Waals surface area contributed by atoms with Gasteiger partial charge in [-0.05, 0) is 64.2 Å². The van der Waals surface area contributed by atoms with Gasteiger partial charge >= 0.3 is 0 Å². The molecule has 3 rings (SSSR count). The summed E-state index contributed by atoms with van der Waals surface area (Å²) in [6, 6.07) is 22.1. The van der Waals surface area contributed by atoms with E-state index in [-0.39, 0.29) is 12.5 Å². The molecule has 0 fully saturated rings. The maximum atomic E-state index is 12.1. The van der Waals surface area contributed by atoms with E-state index >= 15 is 0 Å². The van der Waals surface area contributed by atoms with E-state index < -0.39 is 0 Å². The lowest BCUT2D eigenvalue weighted by Gasteiger charge is -2.11. The lowest BCUT2D eigenvalue weighted by Crippen LogP contribution is -2.25. The Morgan fingerprint density at radius 1 is 1.00 bits per heavy atom. The van der Waals surface area contributed by atoms with Gasteiger partial charge in [-0.1, -0.05) is 70.5 Å². The number of amides is 1. The van der Waals surface area contributed by atoms with Gasteiger partial charge in [0.25, 0.3) is 5.91 Å². The molecule has 0 aliphatic heterocycles. The number of nitrogens with one attached hydrogen (secondary N) is 1. The highest BCUT2D eigenvalue weighted by atomic mass is 79.9. The van der Waals surface area contributed by atoms with Crippen molar-refractivity contribution in [3.63, 3.8) is 0 Å². The van der Waals surface area contributed by atoms with Crippen molar-refractivity contribution in [3.05, 3.63) is 86.8 Å². The molecule has 0 aromatic heterocycles. The third-order valence-corrected chi connectivity index (χ3v) is 5.35. The van der Waals surface area contributed by atoms with Crippen LogP contribution in [-0.4, -0.2) is 18.2 Å². The number of hydrogen-bond acceptors (Lipinski definition) is 3. The molecule has 0 spiro atoms. The zero-order valence-electron chi connectivity index (χ0n) is 16.1. The van der Waals surface area contributed by atoms with E-state index in [0.29, 0.717) is 5.75 Å². The molecule has 4 nitrogen and oxygen atoms in total. The van der Waals surface area contributed by atoms with Gasteiger partial charge in [-0.3, -0.25) is 4.79 Å². The van der Waals surface area contributed by atoms with E-state index in [0.717, 1.165) is 36.9 Å². The van der Waals surface area contributed by atoms with Crippen molar-refractivity contribution in [1.29, 1.82) is 0 Å². The molecule has 0 aliphatic rings. The van der Waals surface area contributed by atoms with Gasteiger partial charge in [-0.15, -0.1) is 0 Å². The first-order valence-electron chi connectivity index (χ1n) is 9.01. The second-order valence-corrected chi connectivity index (χ2v) is 8.27. The lowest BCUT2D eigenvalue weighted by molar-refractivity contribution is -0.123. The minimum Gasteiger partial charge on any atom is -0.482 e. The van der Waals surface area contributed by atoms with E-state index in [1.807, 2.05) is 68.4 Å². The predicted octanol–water partition coefficient (Wildman–Crippen LogP) is 6.11. The van der Waals surface area contributed by atoms with Crippen molar-refractivity contribution >= 4 is 43.5 Å². The first kappa shape index (κ1) is 21.3. The van der Waals surface area contributed by atoms with Crippen LogP contribution in [0.3, 0.4) is 0 Å². The van der Waals surface area contributed by atoms with E-state index in [2.05, 4.69) is 54.5 Å². The molecular formula is C23H20Br2N2O2. The number of carbonyl (C=O) groups is 1.